The van der Waals surface area contributed by atoms with Crippen molar-refractivity contribution in [2.24, 2.45) is 11.7 Å². The van der Waals surface area contributed by atoms with Crippen molar-refractivity contribution >= 4 is 23.0 Å². The van der Waals surface area contributed by atoms with Gasteiger partial charge in [0.15, 0.2) is 0 Å². The Balaban J connectivity index is 2.42. The Kier molecular flexibility index (Phi) is 3.34. The van der Waals surface area contributed by atoms with Gasteiger partial charge in [0.05, 0.1) is 16.3 Å². The minimum atomic E-state index is -1.02. The minimum absolute atomic E-state index is 0.00544. The molecule has 19 heavy (non-hydrogen) atoms. The lowest BCUT2D eigenvalue weighted by Crippen LogP contribution is -2.26. The molecule has 0 bridgehead atoms. The number of nitro groups is 1. The third-order valence-electron chi connectivity index (χ3n) is 3.12. The van der Waals surface area contributed by atoms with Crippen LogP contribution in [0.4, 0.5) is 21.5 Å². The molecular formula is C11H13FN4O3. The van der Waals surface area contributed by atoms with Crippen LogP contribution in [-0.4, -0.2) is 23.9 Å². The summed E-state index contributed by atoms with van der Waals surface area (Å²) in [5, 5.41) is 10.7. The van der Waals surface area contributed by atoms with Gasteiger partial charge in [0.25, 0.3) is 0 Å². The maximum atomic E-state index is 13.4. The van der Waals surface area contributed by atoms with Crippen molar-refractivity contribution in [3.63, 3.8) is 0 Å². The van der Waals surface area contributed by atoms with Crippen molar-refractivity contribution in [2.75, 3.05) is 23.7 Å². The zero-order chi connectivity index (χ0) is 14.2. The van der Waals surface area contributed by atoms with Gasteiger partial charge < -0.3 is 16.4 Å². The van der Waals surface area contributed by atoms with Gasteiger partial charge in [0, 0.05) is 25.1 Å². The second-order valence-electron chi connectivity index (χ2n) is 4.43. The number of carbonyl (C=O) groups excluding carboxylic acids is 1. The molecule has 1 aliphatic rings. The number of carbonyl (C=O) groups is 1. The molecule has 0 aliphatic carbocycles. The molecule has 1 aromatic carbocycles. The summed E-state index contributed by atoms with van der Waals surface area (Å²) < 4.78 is 13.4. The highest BCUT2D eigenvalue weighted by atomic mass is 19.1. The Morgan fingerprint density at radius 3 is 2.74 bits per heavy atom. The van der Waals surface area contributed by atoms with Crippen LogP contribution in [-0.2, 0) is 4.79 Å². The number of nitrogens with two attached hydrogens (primary N) is 2. The number of hydrogen-bond donors (Lipinski definition) is 2. The molecule has 1 aliphatic heterocycles. The zero-order valence-electron chi connectivity index (χ0n) is 10.0. The maximum absolute atomic E-state index is 13.4. The van der Waals surface area contributed by atoms with Crippen molar-refractivity contribution in [2.45, 2.75) is 6.42 Å². The summed E-state index contributed by atoms with van der Waals surface area (Å²) in [4.78, 5) is 23.0. The van der Waals surface area contributed by atoms with E-state index >= 15 is 0 Å². The van der Waals surface area contributed by atoms with Gasteiger partial charge in [-0.3, -0.25) is 14.9 Å². The largest absolute Gasteiger partial charge is 0.397 e. The van der Waals surface area contributed by atoms with E-state index in [0.29, 0.717) is 13.1 Å². The fourth-order valence-electron chi connectivity index (χ4n) is 2.11. The molecule has 0 spiro atoms. The summed E-state index contributed by atoms with van der Waals surface area (Å²) in [6.45, 7) is 0.674. The van der Waals surface area contributed by atoms with Crippen LogP contribution in [0.2, 0.25) is 0 Å². The van der Waals surface area contributed by atoms with E-state index in [4.69, 9.17) is 11.5 Å². The van der Waals surface area contributed by atoms with E-state index in [2.05, 4.69) is 0 Å². The molecule has 7 nitrogen and oxygen atoms in total. The van der Waals surface area contributed by atoms with Crippen molar-refractivity contribution in [1.29, 1.82) is 0 Å². The first-order valence-corrected chi connectivity index (χ1v) is 5.68. The molecule has 1 unspecified atom stereocenters. The normalized spacial score (nSPS) is 18.9. The number of nitrogens with zero attached hydrogens (tertiary/aromatic N) is 2. The Hall–Kier alpha value is -2.22. The molecule has 2 rings (SSSR count). The number of nitrogen functional groups attached to an aromatic ring is 1. The van der Waals surface area contributed by atoms with E-state index in [9.17, 15) is 19.3 Å². The van der Waals surface area contributed by atoms with E-state index in [0.717, 1.165) is 12.1 Å². The van der Waals surface area contributed by atoms with Crippen LogP contribution in [0.15, 0.2) is 12.1 Å². The van der Waals surface area contributed by atoms with E-state index in [1.165, 1.54) is 4.90 Å². The van der Waals surface area contributed by atoms with Gasteiger partial charge in [0.2, 0.25) is 11.7 Å². The number of benzene rings is 1. The minimum Gasteiger partial charge on any atom is -0.397 e. The van der Waals surface area contributed by atoms with E-state index < -0.39 is 16.4 Å². The van der Waals surface area contributed by atoms with Crippen LogP contribution in [0.3, 0.4) is 0 Å². The molecule has 102 valence electrons. The highest BCUT2D eigenvalue weighted by Gasteiger charge is 2.32. The first-order valence-electron chi connectivity index (χ1n) is 5.68. The highest BCUT2D eigenvalue weighted by Crippen LogP contribution is 2.34. The van der Waals surface area contributed by atoms with Crippen molar-refractivity contribution in [3.05, 3.63) is 28.1 Å². The lowest BCUT2D eigenvalue weighted by molar-refractivity contribution is -0.387. The molecule has 1 amide bonds. The van der Waals surface area contributed by atoms with Gasteiger partial charge in [-0.1, -0.05) is 0 Å². The summed E-state index contributed by atoms with van der Waals surface area (Å²) in [5.41, 5.74) is 10.6. The standard InChI is InChI=1S/C11H13FN4O3/c12-7-2-8(14)10(3-9(7)16(18)19)15-5-6(4-13)1-11(15)17/h2-3,6H,1,4-5,13-14H2. The molecule has 1 fully saturated rings. The van der Waals surface area contributed by atoms with Gasteiger partial charge in [-0.25, -0.2) is 0 Å². The molecular weight excluding hydrogens is 255 g/mol. The zero-order valence-corrected chi connectivity index (χ0v) is 10.0. The number of rotatable bonds is 3. The second-order valence-corrected chi connectivity index (χ2v) is 4.43. The fraction of sp³-hybridized carbons (Fsp3) is 0.364. The van der Waals surface area contributed by atoms with E-state index in [1.807, 2.05) is 0 Å². The number of anilines is 2. The number of hydrogen-bond acceptors (Lipinski definition) is 5. The summed E-state index contributed by atoms with van der Waals surface area (Å²) >= 11 is 0. The van der Waals surface area contributed by atoms with Crippen LogP contribution < -0.4 is 16.4 Å². The summed E-state index contributed by atoms with van der Waals surface area (Å²) in [5.74, 6) is -1.26. The molecule has 1 heterocycles. The van der Waals surface area contributed by atoms with Gasteiger partial charge in [0.1, 0.15) is 0 Å². The molecule has 8 heteroatoms. The van der Waals surface area contributed by atoms with Gasteiger partial charge >= 0.3 is 5.69 Å². The quantitative estimate of drug-likeness (QED) is 0.474. The van der Waals surface area contributed by atoms with E-state index in [1.54, 1.807) is 0 Å². The average molecular weight is 268 g/mol. The highest BCUT2D eigenvalue weighted by molar-refractivity contribution is 5.98. The van der Waals surface area contributed by atoms with Crippen molar-refractivity contribution in [3.8, 4) is 0 Å². The first kappa shape index (κ1) is 13.2. The third kappa shape index (κ3) is 2.34. The number of halogens is 1. The maximum Gasteiger partial charge on any atom is 0.307 e. The molecule has 1 saturated heterocycles. The van der Waals surface area contributed by atoms with Crippen LogP contribution >= 0.6 is 0 Å². The fourth-order valence-corrected chi connectivity index (χ4v) is 2.11. The van der Waals surface area contributed by atoms with Crippen molar-refractivity contribution < 1.29 is 14.1 Å². The first-order chi connectivity index (χ1) is 8.93. The predicted molar refractivity (Wildman–Crippen MR) is 67.0 cm³/mol. The van der Waals surface area contributed by atoms with Crippen LogP contribution in [0.25, 0.3) is 0 Å². The molecule has 0 saturated carbocycles. The lowest BCUT2D eigenvalue weighted by atomic mass is 10.1. The monoisotopic (exact) mass is 268 g/mol. The number of amides is 1. The second kappa shape index (κ2) is 4.81. The predicted octanol–water partition coefficient (Wildman–Crippen LogP) is 0.628. The van der Waals surface area contributed by atoms with Crippen LogP contribution in [0.5, 0.6) is 0 Å². The Morgan fingerprint density at radius 1 is 1.53 bits per heavy atom. The van der Waals surface area contributed by atoms with Gasteiger partial charge in [-0.05, 0) is 12.5 Å². The van der Waals surface area contributed by atoms with Crippen LogP contribution in [0.1, 0.15) is 6.42 Å². The van der Waals surface area contributed by atoms with Gasteiger partial charge in [-0.2, -0.15) is 4.39 Å². The molecule has 1 aromatic rings. The summed E-state index contributed by atoms with van der Waals surface area (Å²) in [7, 11) is 0. The topological polar surface area (TPSA) is 115 Å². The summed E-state index contributed by atoms with van der Waals surface area (Å²) in [6.07, 6.45) is 0.265. The summed E-state index contributed by atoms with van der Waals surface area (Å²) in [6, 6.07) is 1.85. The number of nitro benzene ring substituents is 1. The SMILES string of the molecule is NCC1CC(=O)N(c2cc([N+](=O)[O-])c(F)cc2N)C1. The smallest absolute Gasteiger partial charge is 0.307 e. The van der Waals surface area contributed by atoms with Gasteiger partial charge in [-0.15, -0.1) is 0 Å². The average Bonchev–Trinajstić information content (AvgIpc) is 2.70. The Labute approximate surface area is 108 Å². The third-order valence-corrected chi connectivity index (χ3v) is 3.12. The molecule has 4 N–H and O–H groups in total. The van der Waals surface area contributed by atoms with Crippen LogP contribution in [0, 0.1) is 21.8 Å². The van der Waals surface area contributed by atoms with Crippen molar-refractivity contribution in [1.82, 2.24) is 0 Å². The molecule has 0 aromatic heterocycles. The van der Waals surface area contributed by atoms with E-state index in [-0.39, 0.29) is 29.6 Å². The lowest BCUT2D eigenvalue weighted by Gasteiger charge is -2.18. The Bertz CT molecular complexity index is 549. The Morgan fingerprint density at radius 2 is 2.21 bits per heavy atom. The molecule has 0 radical (unpaired) electrons. The molecule has 1 atom stereocenters.